The largest absolute Gasteiger partial charge is 0.497 e. The summed E-state index contributed by atoms with van der Waals surface area (Å²) in [6.45, 7) is 3.47. The minimum atomic E-state index is -0.798. The van der Waals surface area contributed by atoms with E-state index in [0.29, 0.717) is 23.5 Å². The number of ketones is 1. The summed E-state index contributed by atoms with van der Waals surface area (Å²) in [7, 11) is 1.56. The molecular weight excluding hydrogens is 260 g/mol. The van der Waals surface area contributed by atoms with Gasteiger partial charge in [-0.3, -0.25) is 9.59 Å². The lowest BCUT2D eigenvalue weighted by Gasteiger charge is -2.35. The second kappa shape index (κ2) is 5.53. The van der Waals surface area contributed by atoms with E-state index in [2.05, 4.69) is 0 Å². The normalized spacial score (nSPS) is 20.9. The topological polar surface area (TPSA) is 61.8 Å². The minimum absolute atomic E-state index is 0.0448. The third-order valence-corrected chi connectivity index (χ3v) is 3.65. The van der Waals surface area contributed by atoms with Crippen molar-refractivity contribution in [1.82, 2.24) is 0 Å². The molecular formula is C15H18O5. The van der Waals surface area contributed by atoms with Gasteiger partial charge in [-0.15, -0.1) is 0 Å². The van der Waals surface area contributed by atoms with Gasteiger partial charge in [0, 0.05) is 13.0 Å². The first-order chi connectivity index (χ1) is 9.52. The zero-order valence-electron chi connectivity index (χ0n) is 11.9. The van der Waals surface area contributed by atoms with Gasteiger partial charge in [-0.2, -0.15) is 0 Å². The van der Waals surface area contributed by atoms with Crippen LogP contribution in [0.4, 0.5) is 0 Å². The lowest BCUT2D eigenvalue weighted by Crippen LogP contribution is -2.44. The molecule has 0 N–H and O–H groups in total. The van der Waals surface area contributed by atoms with Crippen molar-refractivity contribution in [2.45, 2.75) is 20.3 Å². The number of carbonyl (C=O) groups is 2. The molecule has 0 bridgehead atoms. The number of esters is 1. The Bertz CT molecular complexity index is 537. The molecule has 0 aromatic heterocycles. The van der Waals surface area contributed by atoms with Crippen LogP contribution in [-0.2, 0) is 9.53 Å². The van der Waals surface area contributed by atoms with Crippen LogP contribution in [0.5, 0.6) is 11.5 Å². The summed E-state index contributed by atoms with van der Waals surface area (Å²) in [6.07, 6.45) is 0.546. The van der Waals surface area contributed by atoms with Crippen LogP contribution in [0, 0.1) is 5.41 Å². The molecule has 0 radical (unpaired) electrons. The van der Waals surface area contributed by atoms with Crippen molar-refractivity contribution in [2.75, 3.05) is 20.3 Å². The molecule has 1 heterocycles. The first-order valence-corrected chi connectivity index (χ1v) is 6.51. The summed E-state index contributed by atoms with van der Waals surface area (Å²) < 4.78 is 15.8. The van der Waals surface area contributed by atoms with Crippen LogP contribution < -0.4 is 9.47 Å². The molecule has 1 aromatic rings. The number of rotatable bonds is 4. The Morgan fingerprint density at radius 3 is 2.80 bits per heavy atom. The molecule has 0 unspecified atom stereocenters. The third-order valence-electron chi connectivity index (χ3n) is 3.65. The van der Waals surface area contributed by atoms with Gasteiger partial charge in [-0.05, 0) is 18.6 Å². The molecule has 1 aliphatic rings. The molecule has 0 spiro atoms. The maximum absolute atomic E-state index is 12.7. The predicted octanol–water partition coefficient (Wildman–Crippen LogP) is 2.23. The Morgan fingerprint density at radius 1 is 1.45 bits per heavy atom. The zero-order valence-corrected chi connectivity index (χ0v) is 11.9. The molecule has 1 aromatic carbocycles. The van der Waals surface area contributed by atoms with Gasteiger partial charge in [0.15, 0.2) is 5.78 Å². The first kappa shape index (κ1) is 14.4. The highest BCUT2D eigenvalue weighted by Crippen LogP contribution is 2.38. The molecule has 2 rings (SSSR count). The van der Waals surface area contributed by atoms with Gasteiger partial charge in [-0.1, -0.05) is 6.92 Å². The number of benzene rings is 1. The van der Waals surface area contributed by atoms with Crippen molar-refractivity contribution in [1.29, 1.82) is 0 Å². The molecule has 20 heavy (non-hydrogen) atoms. The van der Waals surface area contributed by atoms with Crippen LogP contribution >= 0.6 is 0 Å². The zero-order chi connectivity index (χ0) is 14.8. The summed E-state index contributed by atoms with van der Waals surface area (Å²) in [4.78, 5) is 23.7. The van der Waals surface area contributed by atoms with Crippen molar-refractivity contribution in [3.05, 3.63) is 23.8 Å². The van der Waals surface area contributed by atoms with E-state index in [1.54, 1.807) is 25.3 Å². The van der Waals surface area contributed by atoms with E-state index in [9.17, 15) is 9.59 Å². The van der Waals surface area contributed by atoms with Crippen LogP contribution in [-0.4, -0.2) is 32.1 Å². The second-order valence-corrected chi connectivity index (χ2v) is 4.89. The molecule has 5 heteroatoms. The smallest absolute Gasteiger partial charge is 0.302 e. The Labute approximate surface area is 117 Å². The molecule has 108 valence electrons. The van der Waals surface area contributed by atoms with Crippen molar-refractivity contribution in [3.63, 3.8) is 0 Å². The van der Waals surface area contributed by atoms with Crippen LogP contribution in [0.15, 0.2) is 18.2 Å². The number of methoxy groups -OCH3 is 1. The number of hydrogen-bond donors (Lipinski definition) is 0. The van der Waals surface area contributed by atoms with Gasteiger partial charge in [-0.25, -0.2) is 0 Å². The Kier molecular flexibility index (Phi) is 3.97. The average molecular weight is 278 g/mol. The van der Waals surface area contributed by atoms with E-state index in [-0.39, 0.29) is 19.0 Å². The third kappa shape index (κ3) is 2.48. The Morgan fingerprint density at radius 2 is 2.20 bits per heavy atom. The minimum Gasteiger partial charge on any atom is -0.497 e. The number of ether oxygens (including phenoxy) is 3. The standard InChI is InChI=1S/C15H18O5/c1-4-15(8-19-10(2)16)9-20-13-7-11(18-3)5-6-12(13)14(15)17/h5-7H,4,8-9H2,1-3H3/t15-/m0/s1. The van der Waals surface area contributed by atoms with Gasteiger partial charge in [0.1, 0.15) is 30.1 Å². The molecule has 5 nitrogen and oxygen atoms in total. The van der Waals surface area contributed by atoms with Crippen molar-refractivity contribution in [3.8, 4) is 11.5 Å². The number of Topliss-reactive ketones (excluding diaryl/α,β-unsaturated/α-hetero) is 1. The fourth-order valence-corrected chi connectivity index (χ4v) is 2.22. The summed E-state index contributed by atoms with van der Waals surface area (Å²) in [5.74, 6) is 0.707. The molecule has 0 saturated heterocycles. The average Bonchev–Trinajstić information content (AvgIpc) is 2.46. The van der Waals surface area contributed by atoms with Crippen LogP contribution in [0.25, 0.3) is 0 Å². The van der Waals surface area contributed by atoms with Gasteiger partial charge in [0.25, 0.3) is 0 Å². The molecule has 1 aliphatic heterocycles. The van der Waals surface area contributed by atoms with E-state index in [4.69, 9.17) is 14.2 Å². The lowest BCUT2D eigenvalue weighted by atomic mass is 9.77. The fraction of sp³-hybridized carbons (Fsp3) is 0.467. The van der Waals surface area contributed by atoms with E-state index < -0.39 is 11.4 Å². The van der Waals surface area contributed by atoms with E-state index >= 15 is 0 Å². The van der Waals surface area contributed by atoms with Crippen LogP contribution in [0.2, 0.25) is 0 Å². The number of fused-ring (bicyclic) bond motifs is 1. The quantitative estimate of drug-likeness (QED) is 0.790. The summed E-state index contributed by atoms with van der Waals surface area (Å²) >= 11 is 0. The SMILES string of the molecule is CC[C@]1(COC(C)=O)COc2cc(OC)ccc2C1=O. The van der Waals surface area contributed by atoms with E-state index in [0.717, 1.165) is 0 Å². The Balaban J connectivity index is 2.31. The van der Waals surface area contributed by atoms with Crippen molar-refractivity contribution >= 4 is 11.8 Å². The highest BCUT2D eigenvalue weighted by molar-refractivity contribution is 6.04. The van der Waals surface area contributed by atoms with Crippen molar-refractivity contribution in [2.24, 2.45) is 5.41 Å². The summed E-state index contributed by atoms with van der Waals surface area (Å²) in [6, 6.07) is 5.10. The van der Waals surface area contributed by atoms with Gasteiger partial charge in [0.05, 0.1) is 12.7 Å². The molecule has 0 aliphatic carbocycles. The fourth-order valence-electron chi connectivity index (χ4n) is 2.22. The molecule has 0 amide bonds. The number of carbonyl (C=O) groups excluding carboxylic acids is 2. The monoisotopic (exact) mass is 278 g/mol. The molecule has 1 atom stereocenters. The molecule has 0 saturated carbocycles. The highest BCUT2D eigenvalue weighted by atomic mass is 16.5. The lowest BCUT2D eigenvalue weighted by molar-refractivity contribution is -0.144. The van der Waals surface area contributed by atoms with Crippen LogP contribution in [0.1, 0.15) is 30.6 Å². The number of hydrogen-bond acceptors (Lipinski definition) is 5. The highest BCUT2D eigenvalue weighted by Gasteiger charge is 2.44. The van der Waals surface area contributed by atoms with Crippen molar-refractivity contribution < 1.29 is 23.8 Å². The van der Waals surface area contributed by atoms with E-state index in [1.165, 1.54) is 6.92 Å². The summed E-state index contributed by atoms with van der Waals surface area (Å²) in [5, 5.41) is 0. The first-order valence-electron chi connectivity index (χ1n) is 6.51. The molecule has 0 fully saturated rings. The van der Waals surface area contributed by atoms with Gasteiger partial charge in [0.2, 0.25) is 0 Å². The second-order valence-electron chi connectivity index (χ2n) is 4.89. The Hall–Kier alpha value is -2.04. The summed E-state index contributed by atoms with van der Waals surface area (Å²) in [5.41, 5.74) is -0.293. The van der Waals surface area contributed by atoms with Gasteiger partial charge >= 0.3 is 5.97 Å². The predicted molar refractivity (Wildman–Crippen MR) is 72.2 cm³/mol. The maximum atomic E-state index is 12.7. The maximum Gasteiger partial charge on any atom is 0.302 e. The van der Waals surface area contributed by atoms with E-state index in [1.807, 2.05) is 6.92 Å². The van der Waals surface area contributed by atoms with Crippen LogP contribution in [0.3, 0.4) is 0 Å². The van der Waals surface area contributed by atoms with Gasteiger partial charge < -0.3 is 14.2 Å².